The molecule has 0 aliphatic carbocycles. The van der Waals surface area contributed by atoms with Crippen LogP contribution in [0.2, 0.25) is 0 Å². The molecule has 0 fully saturated rings. The van der Waals surface area contributed by atoms with Crippen LogP contribution in [0.4, 0.5) is 4.39 Å². The number of nitrogens with one attached hydrogen (secondary N) is 1. The molecule has 0 unspecified atom stereocenters. The second-order valence-corrected chi connectivity index (χ2v) is 6.17. The molecule has 1 heterocycles. The first kappa shape index (κ1) is 21.1. The summed E-state index contributed by atoms with van der Waals surface area (Å²) in [4.78, 5) is 35.9. The van der Waals surface area contributed by atoms with Crippen LogP contribution in [-0.4, -0.2) is 37.6 Å². The Morgan fingerprint density at radius 2 is 1.89 bits per heavy atom. The zero-order chi connectivity index (χ0) is 20.7. The highest BCUT2D eigenvalue weighted by atomic mass is 19.1. The third-order valence-electron chi connectivity index (χ3n) is 4.27. The number of benzene rings is 1. The van der Waals surface area contributed by atoms with E-state index >= 15 is 0 Å². The monoisotopic (exact) mass is 391 g/mol. The molecule has 0 aliphatic rings. The van der Waals surface area contributed by atoms with Crippen LogP contribution < -0.4 is 5.32 Å². The van der Waals surface area contributed by atoms with E-state index in [-0.39, 0.29) is 23.0 Å². The molecule has 0 bridgehead atoms. The van der Waals surface area contributed by atoms with E-state index in [1.165, 1.54) is 37.4 Å². The van der Waals surface area contributed by atoms with Gasteiger partial charge in [0.1, 0.15) is 17.6 Å². The fourth-order valence-corrected chi connectivity index (χ4v) is 2.47. The summed E-state index contributed by atoms with van der Waals surface area (Å²) < 4.78 is 28.7. The number of hydrogen-bond donors (Lipinski definition) is 1. The van der Waals surface area contributed by atoms with Crippen LogP contribution in [0.15, 0.2) is 40.8 Å². The second kappa shape index (κ2) is 9.68. The summed E-state index contributed by atoms with van der Waals surface area (Å²) in [6.45, 7) is 3.07. The number of esters is 2. The smallest absolute Gasteiger partial charge is 0.374 e. The predicted octanol–water partition coefficient (Wildman–Crippen LogP) is 2.95. The first-order valence-corrected chi connectivity index (χ1v) is 8.76. The largest absolute Gasteiger partial charge is 0.467 e. The van der Waals surface area contributed by atoms with E-state index in [1.54, 1.807) is 13.0 Å². The van der Waals surface area contributed by atoms with E-state index in [1.807, 2.05) is 6.92 Å². The van der Waals surface area contributed by atoms with Crippen LogP contribution in [-0.2, 0) is 19.1 Å². The molecule has 2 atom stereocenters. The third kappa shape index (κ3) is 5.18. The highest BCUT2D eigenvalue weighted by Gasteiger charge is 2.27. The average Bonchev–Trinajstić information content (AvgIpc) is 3.19. The van der Waals surface area contributed by atoms with E-state index in [0.29, 0.717) is 6.42 Å². The van der Waals surface area contributed by atoms with Crippen LogP contribution in [0.1, 0.15) is 30.8 Å². The predicted molar refractivity (Wildman–Crippen MR) is 97.8 cm³/mol. The summed E-state index contributed by atoms with van der Waals surface area (Å²) in [6, 6.07) is 7.89. The number of carbonyl (C=O) groups is 3. The maximum Gasteiger partial charge on any atom is 0.374 e. The van der Waals surface area contributed by atoms with Gasteiger partial charge in [-0.05, 0) is 30.2 Å². The van der Waals surface area contributed by atoms with E-state index in [0.717, 1.165) is 0 Å². The minimum absolute atomic E-state index is 0.152. The van der Waals surface area contributed by atoms with Crippen molar-refractivity contribution in [1.29, 1.82) is 0 Å². The molecule has 8 heteroatoms. The van der Waals surface area contributed by atoms with Crippen LogP contribution >= 0.6 is 0 Å². The van der Waals surface area contributed by atoms with Crippen molar-refractivity contribution >= 4 is 17.8 Å². The molecule has 0 saturated heterocycles. The molecule has 7 nitrogen and oxygen atoms in total. The molecule has 1 amide bonds. The third-order valence-corrected chi connectivity index (χ3v) is 4.27. The van der Waals surface area contributed by atoms with Crippen molar-refractivity contribution in [3.8, 4) is 11.3 Å². The summed E-state index contributed by atoms with van der Waals surface area (Å²) in [7, 11) is 1.23. The molecule has 28 heavy (non-hydrogen) atoms. The summed E-state index contributed by atoms with van der Waals surface area (Å²) in [6.07, 6.45) is 0.644. The first-order valence-electron chi connectivity index (χ1n) is 8.76. The van der Waals surface area contributed by atoms with Crippen molar-refractivity contribution < 1.29 is 32.7 Å². The molecule has 0 aliphatic heterocycles. The van der Waals surface area contributed by atoms with Gasteiger partial charge in [-0.25, -0.2) is 14.0 Å². The maximum atomic E-state index is 13.8. The average molecular weight is 391 g/mol. The van der Waals surface area contributed by atoms with Crippen molar-refractivity contribution in [1.82, 2.24) is 5.32 Å². The Labute approximate surface area is 161 Å². The van der Waals surface area contributed by atoms with Crippen molar-refractivity contribution in [3.05, 3.63) is 48.0 Å². The topological polar surface area (TPSA) is 94.8 Å². The quantitative estimate of drug-likeness (QED) is 0.695. The first-order chi connectivity index (χ1) is 13.4. The normalized spacial score (nSPS) is 12.7. The van der Waals surface area contributed by atoms with E-state index in [4.69, 9.17) is 9.15 Å². The van der Waals surface area contributed by atoms with Gasteiger partial charge in [0.15, 0.2) is 6.61 Å². The zero-order valence-electron chi connectivity index (χ0n) is 15.9. The molecule has 1 N–H and O–H groups in total. The summed E-state index contributed by atoms with van der Waals surface area (Å²) in [5, 5.41) is 2.49. The van der Waals surface area contributed by atoms with E-state index in [9.17, 15) is 18.8 Å². The summed E-state index contributed by atoms with van der Waals surface area (Å²) in [5.41, 5.74) is 0.203. The molecule has 0 spiro atoms. The number of methoxy groups -OCH3 is 1. The summed E-state index contributed by atoms with van der Waals surface area (Å²) >= 11 is 0. The minimum atomic E-state index is -0.879. The van der Waals surface area contributed by atoms with Gasteiger partial charge in [0.05, 0.1) is 12.7 Å². The number of halogens is 1. The Morgan fingerprint density at radius 3 is 2.54 bits per heavy atom. The second-order valence-electron chi connectivity index (χ2n) is 6.17. The van der Waals surface area contributed by atoms with Gasteiger partial charge < -0.3 is 19.2 Å². The molecular weight excluding hydrogens is 369 g/mol. The molecule has 0 saturated carbocycles. The van der Waals surface area contributed by atoms with Gasteiger partial charge in [-0.15, -0.1) is 0 Å². The van der Waals surface area contributed by atoms with Gasteiger partial charge in [-0.2, -0.15) is 0 Å². The van der Waals surface area contributed by atoms with E-state index < -0.39 is 36.3 Å². The lowest BCUT2D eigenvalue weighted by molar-refractivity contribution is -0.147. The van der Waals surface area contributed by atoms with Crippen molar-refractivity contribution in [3.63, 3.8) is 0 Å². The Hall–Kier alpha value is -3.16. The van der Waals surface area contributed by atoms with Gasteiger partial charge in [0.25, 0.3) is 5.91 Å². The number of carbonyl (C=O) groups excluding carboxylic acids is 3. The zero-order valence-corrected chi connectivity index (χ0v) is 15.9. The highest BCUT2D eigenvalue weighted by molar-refractivity contribution is 5.90. The number of furan rings is 1. The summed E-state index contributed by atoms with van der Waals surface area (Å²) in [5.74, 6) is -2.75. The van der Waals surface area contributed by atoms with Gasteiger partial charge in [0.2, 0.25) is 5.76 Å². The molecular formula is C20H22FNO6. The van der Waals surface area contributed by atoms with Crippen LogP contribution in [0.3, 0.4) is 0 Å². The Kier molecular flexibility index (Phi) is 7.31. The van der Waals surface area contributed by atoms with Crippen LogP contribution in [0, 0.1) is 11.7 Å². The molecule has 1 aromatic heterocycles. The fraction of sp³-hybridized carbons (Fsp3) is 0.350. The number of amides is 1. The van der Waals surface area contributed by atoms with Gasteiger partial charge in [0, 0.05) is 0 Å². The van der Waals surface area contributed by atoms with Gasteiger partial charge in [-0.1, -0.05) is 32.4 Å². The van der Waals surface area contributed by atoms with Gasteiger partial charge in [-0.3, -0.25) is 4.79 Å². The molecule has 2 aromatic rings. The number of hydrogen-bond acceptors (Lipinski definition) is 6. The van der Waals surface area contributed by atoms with Gasteiger partial charge >= 0.3 is 11.9 Å². The lowest BCUT2D eigenvalue weighted by atomic mass is 9.99. The SMILES string of the molecule is CC[C@H](C)[C@@H](NC(=O)COC(=O)c1ccc(-c2ccccc2F)o1)C(=O)OC. The maximum absolute atomic E-state index is 13.8. The highest BCUT2D eigenvalue weighted by Crippen LogP contribution is 2.25. The van der Waals surface area contributed by atoms with Crippen LogP contribution in [0.25, 0.3) is 11.3 Å². The fourth-order valence-electron chi connectivity index (χ4n) is 2.47. The molecule has 0 radical (unpaired) electrons. The number of ether oxygens (including phenoxy) is 2. The molecule has 2 rings (SSSR count). The number of rotatable bonds is 8. The Bertz CT molecular complexity index is 847. The minimum Gasteiger partial charge on any atom is -0.467 e. The lowest BCUT2D eigenvalue weighted by Gasteiger charge is -2.21. The Balaban J connectivity index is 1.96. The van der Waals surface area contributed by atoms with Crippen LogP contribution in [0.5, 0.6) is 0 Å². The van der Waals surface area contributed by atoms with Crippen molar-refractivity contribution in [2.24, 2.45) is 5.92 Å². The standard InChI is InChI=1S/C20H22FNO6/c1-4-12(2)18(20(25)26-3)22-17(23)11-27-19(24)16-10-9-15(28-16)13-7-5-6-8-14(13)21/h5-10,12,18H,4,11H2,1-3H3,(H,22,23)/t12-,18+/m0/s1. The lowest BCUT2D eigenvalue weighted by Crippen LogP contribution is -2.47. The molecule has 150 valence electrons. The van der Waals surface area contributed by atoms with Crippen molar-refractivity contribution in [2.45, 2.75) is 26.3 Å². The Morgan fingerprint density at radius 1 is 1.18 bits per heavy atom. The van der Waals surface area contributed by atoms with E-state index in [2.05, 4.69) is 10.1 Å². The molecule has 1 aromatic carbocycles. The van der Waals surface area contributed by atoms with Crippen molar-refractivity contribution in [2.75, 3.05) is 13.7 Å².